The molecule has 0 saturated carbocycles. The van der Waals surface area contributed by atoms with Gasteiger partial charge in [0.1, 0.15) is 5.01 Å². The number of nitrogens with one attached hydrogen (secondary N) is 1. The van der Waals surface area contributed by atoms with Crippen LogP contribution < -0.4 is 5.32 Å². The van der Waals surface area contributed by atoms with Crippen LogP contribution in [0.2, 0.25) is 0 Å². The molecule has 1 amide bonds. The second-order valence-corrected chi connectivity index (χ2v) is 10.8. The lowest BCUT2D eigenvalue weighted by Gasteiger charge is -2.41. The van der Waals surface area contributed by atoms with Crippen molar-refractivity contribution >= 4 is 29.0 Å². The molecule has 7 nitrogen and oxygen atoms in total. The third kappa shape index (κ3) is 6.22. The van der Waals surface area contributed by atoms with E-state index >= 15 is 0 Å². The van der Waals surface area contributed by atoms with Gasteiger partial charge >= 0.3 is 0 Å². The van der Waals surface area contributed by atoms with Crippen molar-refractivity contribution in [1.29, 1.82) is 0 Å². The van der Waals surface area contributed by atoms with Crippen LogP contribution in [0.4, 0.5) is 0 Å². The molecule has 4 unspecified atom stereocenters. The summed E-state index contributed by atoms with van der Waals surface area (Å²) >= 11 is 3.24. The van der Waals surface area contributed by atoms with E-state index in [1.165, 1.54) is 6.92 Å². The zero-order valence-electron chi connectivity index (χ0n) is 19.4. The second-order valence-electron chi connectivity index (χ2n) is 8.37. The molecule has 0 bridgehead atoms. The Bertz CT molecular complexity index is 1090. The van der Waals surface area contributed by atoms with Crippen molar-refractivity contribution in [1.82, 2.24) is 15.5 Å². The first-order valence-electron chi connectivity index (χ1n) is 11.2. The van der Waals surface area contributed by atoms with Gasteiger partial charge in [0.25, 0.3) is 0 Å². The largest absolute Gasteiger partial charge is 0.392 e. The summed E-state index contributed by atoms with van der Waals surface area (Å²) in [7, 11) is 0. The number of thioether (sulfide) groups is 1. The van der Waals surface area contributed by atoms with Gasteiger partial charge in [-0.05, 0) is 23.6 Å². The predicted octanol–water partition coefficient (Wildman–Crippen LogP) is 4.56. The number of nitrogens with zero attached hydrogens (tertiary/aromatic N) is 2. The maximum Gasteiger partial charge on any atom is 0.217 e. The summed E-state index contributed by atoms with van der Waals surface area (Å²) in [5.41, 5.74) is 3.87. The van der Waals surface area contributed by atoms with Crippen molar-refractivity contribution in [2.24, 2.45) is 5.92 Å². The highest BCUT2D eigenvalue weighted by Crippen LogP contribution is 2.43. The van der Waals surface area contributed by atoms with Gasteiger partial charge in [-0.2, -0.15) is 0 Å². The van der Waals surface area contributed by atoms with E-state index in [1.54, 1.807) is 23.1 Å². The maximum absolute atomic E-state index is 11.2. The standard InChI is InChI=1S/C25H29N3O4S2/c1-15-22(14-33-25-28-27-17(3)34-25)31-24(21-10-4-18(5-11-21)12-26-16(2)30)32-23(15)20-8-6-19(13-29)7-9-20/h4-11,15,22-24,29H,12-14H2,1-3H3,(H,26,30). The molecule has 1 saturated heterocycles. The Hall–Kier alpha value is -2.30. The van der Waals surface area contributed by atoms with E-state index in [2.05, 4.69) is 22.4 Å². The number of amides is 1. The molecule has 3 aromatic rings. The summed E-state index contributed by atoms with van der Waals surface area (Å²) in [5.74, 6) is 0.788. The molecule has 0 spiro atoms. The van der Waals surface area contributed by atoms with Crippen molar-refractivity contribution in [2.75, 3.05) is 5.75 Å². The lowest BCUT2D eigenvalue weighted by molar-refractivity contribution is -0.268. The highest BCUT2D eigenvalue weighted by Gasteiger charge is 2.38. The third-order valence-electron chi connectivity index (χ3n) is 5.80. The quantitative estimate of drug-likeness (QED) is 0.439. The zero-order valence-corrected chi connectivity index (χ0v) is 21.1. The fourth-order valence-electron chi connectivity index (χ4n) is 3.82. The number of benzene rings is 2. The molecule has 180 valence electrons. The number of hydrogen-bond acceptors (Lipinski definition) is 8. The SMILES string of the molecule is CC(=O)NCc1ccc(C2OC(CSc3nnc(C)s3)C(C)C(c3ccc(CO)cc3)O2)cc1. The molecule has 1 fully saturated rings. The first-order chi connectivity index (χ1) is 16.4. The number of rotatable bonds is 8. The van der Waals surface area contributed by atoms with E-state index in [0.717, 1.165) is 37.4 Å². The van der Waals surface area contributed by atoms with Gasteiger partial charge in [0.15, 0.2) is 10.6 Å². The summed E-state index contributed by atoms with van der Waals surface area (Å²) in [6.45, 7) is 6.10. The Labute approximate surface area is 207 Å². The van der Waals surface area contributed by atoms with Gasteiger partial charge in [-0.1, -0.05) is 78.6 Å². The highest BCUT2D eigenvalue weighted by molar-refractivity contribution is 8.01. The smallest absolute Gasteiger partial charge is 0.217 e. The van der Waals surface area contributed by atoms with E-state index in [-0.39, 0.29) is 30.6 Å². The summed E-state index contributed by atoms with van der Waals surface area (Å²) in [6, 6.07) is 15.8. The van der Waals surface area contributed by atoms with Crippen LogP contribution in [0.1, 0.15) is 53.5 Å². The maximum atomic E-state index is 11.2. The Kier molecular flexibility index (Phi) is 8.33. The molecule has 1 aliphatic rings. The number of carbonyl (C=O) groups is 1. The van der Waals surface area contributed by atoms with Crippen molar-refractivity contribution in [3.05, 3.63) is 75.8 Å². The molecule has 1 aliphatic heterocycles. The number of aliphatic hydroxyl groups excluding tert-OH is 1. The second kappa shape index (κ2) is 11.4. The minimum atomic E-state index is -0.518. The van der Waals surface area contributed by atoms with E-state index < -0.39 is 6.29 Å². The molecular weight excluding hydrogens is 470 g/mol. The van der Waals surface area contributed by atoms with E-state index in [4.69, 9.17) is 9.47 Å². The molecule has 0 aliphatic carbocycles. The van der Waals surface area contributed by atoms with Crippen molar-refractivity contribution in [3.63, 3.8) is 0 Å². The fourth-order valence-corrected chi connectivity index (χ4v) is 5.82. The molecule has 1 aromatic heterocycles. The minimum absolute atomic E-state index is 0.0124. The van der Waals surface area contributed by atoms with Gasteiger partial charge in [0.2, 0.25) is 5.91 Å². The van der Waals surface area contributed by atoms with Crippen molar-refractivity contribution in [3.8, 4) is 0 Å². The molecular formula is C25H29N3O4S2. The van der Waals surface area contributed by atoms with Crippen LogP contribution >= 0.6 is 23.1 Å². The summed E-state index contributed by atoms with van der Waals surface area (Å²) < 4.78 is 13.9. The number of aromatic nitrogens is 2. The Morgan fingerprint density at radius 2 is 1.74 bits per heavy atom. The molecule has 34 heavy (non-hydrogen) atoms. The Morgan fingerprint density at radius 3 is 2.35 bits per heavy atom. The topological polar surface area (TPSA) is 93.6 Å². The summed E-state index contributed by atoms with van der Waals surface area (Å²) in [5, 5.41) is 21.5. The molecule has 2 aromatic carbocycles. The van der Waals surface area contributed by atoms with Crippen LogP contribution in [-0.2, 0) is 27.4 Å². The first-order valence-corrected chi connectivity index (χ1v) is 13.0. The molecule has 2 heterocycles. The van der Waals surface area contributed by atoms with E-state index in [9.17, 15) is 9.90 Å². The van der Waals surface area contributed by atoms with Gasteiger partial charge in [-0.25, -0.2) is 0 Å². The molecule has 4 rings (SSSR count). The van der Waals surface area contributed by atoms with Gasteiger partial charge in [0.05, 0.1) is 18.8 Å². The average molecular weight is 500 g/mol. The fraction of sp³-hybridized carbons (Fsp3) is 0.400. The number of hydrogen-bond donors (Lipinski definition) is 2. The van der Waals surface area contributed by atoms with Crippen molar-refractivity contribution in [2.45, 2.75) is 56.8 Å². The molecule has 4 atom stereocenters. The van der Waals surface area contributed by atoms with E-state index in [0.29, 0.717) is 6.54 Å². The zero-order chi connectivity index (χ0) is 24.1. The summed E-state index contributed by atoms with van der Waals surface area (Å²) in [4.78, 5) is 11.2. The summed E-state index contributed by atoms with van der Waals surface area (Å²) in [6.07, 6.45) is -0.739. The number of aliphatic hydroxyl groups is 1. The minimum Gasteiger partial charge on any atom is -0.392 e. The Balaban J connectivity index is 1.54. The third-order valence-corrected chi connectivity index (χ3v) is 7.86. The normalized spacial score (nSPS) is 22.5. The van der Waals surface area contributed by atoms with Gasteiger partial charge < -0.3 is 19.9 Å². The average Bonchev–Trinajstić information content (AvgIpc) is 3.27. The lowest BCUT2D eigenvalue weighted by Crippen LogP contribution is -2.38. The Morgan fingerprint density at radius 1 is 1.06 bits per heavy atom. The van der Waals surface area contributed by atoms with Crippen LogP contribution in [0.3, 0.4) is 0 Å². The van der Waals surface area contributed by atoms with Gasteiger partial charge in [0, 0.05) is 30.7 Å². The van der Waals surface area contributed by atoms with Gasteiger partial charge in [-0.15, -0.1) is 10.2 Å². The molecule has 2 N–H and O–H groups in total. The number of aryl methyl sites for hydroxylation is 1. The number of carbonyl (C=O) groups excluding carboxylic acids is 1. The highest BCUT2D eigenvalue weighted by atomic mass is 32.2. The van der Waals surface area contributed by atoms with Crippen LogP contribution in [0.15, 0.2) is 52.9 Å². The molecule has 0 radical (unpaired) electrons. The van der Waals surface area contributed by atoms with Crippen LogP contribution in [0.25, 0.3) is 0 Å². The molecule has 9 heteroatoms. The van der Waals surface area contributed by atoms with E-state index in [1.807, 2.05) is 55.5 Å². The van der Waals surface area contributed by atoms with Crippen LogP contribution in [0.5, 0.6) is 0 Å². The number of ether oxygens (including phenoxy) is 2. The lowest BCUT2D eigenvalue weighted by atomic mass is 9.91. The van der Waals surface area contributed by atoms with Crippen LogP contribution in [-0.4, -0.2) is 33.1 Å². The first kappa shape index (κ1) is 24.8. The predicted molar refractivity (Wildman–Crippen MR) is 132 cm³/mol. The monoisotopic (exact) mass is 499 g/mol. The van der Waals surface area contributed by atoms with Gasteiger partial charge in [-0.3, -0.25) is 4.79 Å². The van der Waals surface area contributed by atoms with Crippen LogP contribution in [0, 0.1) is 12.8 Å². The van der Waals surface area contributed by atoms with Crippen molar-refractivity contribution < 1.29 is 19.4 Å².